The van der Waals surface area contributed by atoms with Crippen LogP contribution in [-0.4, -0.2) is 22.8 Å². The van der Waals surface area contributed by atoms with E-state index in [1.807, 2.05) is 60.7 Å². The second-order valence-electron chi connectivity index (χ2n) is 6.41. The summed E-state index contributed by atoms with van der Waals surface area (Å²) in [5.74, 6) is -0.106. The number of hydrogen-bond donors (Lipinski definition) is 0. The van der Waals surface area contributed by atoms with Crippen LogP contribution in [0.4, 0.5) is 0 Å². The summed E-state index contributed by atoms with van der Waals surface area (Å²) in [5, 5.41) is 7.35. The summed E-state index contributed by atoms with van der Waals surface area (Å²) < 4.78 is 11.5. The van der Waals surface area contributed by atoms with Gasteiger partial charge in [-0.15, -0.1) is 5.10 Å². The first-order chi connectivity index (χ1) is 13.5. The van der Waals surface area contributed by atoms with Gasteiger partial charge in [0.05, 0.1) is 5.56 Å². The Hall–Kier alpha value is -3.67. The molecule has 1 unspecified atom stereocenters. The predicted octanol–water partition coefficient (Wildman–Crippen LogP) is 4.00. The SMILES string of the molecule is CC(=O)Oc1c(C2=NN(C(C)=O)C(c3ccccc3)O2)ccc2ccccc12. The molecule has 1 heterocycles. The zero-order valence-electron chi connectivity index (χ0n) is 15.5. The van der Waals surface area contributed by atoms with Crippen LogP contribution >= 0.6 is 0 Å². The van der Waals surface area contributed by atoms with Crippen molar-refractivity contribution in [3.8, 4) is 5.75 Å². The lowest BCUT2D eigenvalue weighted by Crippen LogP contribution is -2.25. The lowest BCUT2D eigenvalue weighted by Gasteiger charge is -2.19. The predicted molar refractivity (Wildman–Crippen MR) is 105 cm³/mol. The summed E-state index contributed by atoms with van der Waals surface area (Å²) in [7, 11) is 0. The Bertz CT molecular complexity index is 1090. The van der Waals surface area contributed by atoms with Gasteiger partial charge in [-0.25, -0.2) is 0 Å². The molecule has 0 radical (unpaired) electrons. The highest BCUT2D eigenvalue weighted by atomic mass is 16.5. The second kappa shape index (κ2) is 7.15. The first-order valence-corrected chi connectivity index (χ1v) is 8.85. The molecule has 140 valence electrons. The molecule has 1 atom stereocenters. The van der Waals surface area contributed by atoms with E-state index in [1.54, 1.807) is 6.07 Å². The minimum atomic E-state index is -0.676. The van der Waals surface area contributed by atoms with Crippen LogP contribution in [0.3, 0.4) is 0 Å². The molecule has 0 saturated carbocycles. The number of hydrazone groups is 1. The number of carbonyl (C=O) groups excluding carboxylic acids is 2. The molecule has 0 saturated heterocycles. The summed E-state index contributed by atoms with van der Waals surface area (Å²) in [6.07, 6.45) is -0.676. The zero-order chi connectivity index (χ0) is 19.7. The van der Waals surface area contributed by atoms with Crippen molar-refractivity contribution >= 4 is 28.5 Å². The first-order valence-electron chi connectivity index (χ1n) is 8.85. The van der Waals surface area contributed by atoms with Crippen molar-refractivity contribution in [1.29, 1.82) is 0 Å². The lowest BCUT2D eigenvalue weighted by atomic mass is 10.0. The van der Waals surface area contributed by atoms with Gasteiger partial charge in [-0.05, 0) is 11.5 Å². The van der Waals surface area contributed by atoms with Gasteiger partial charge in [0.1, 0.15) is 0 Å². The molecule has 1 amide bonds. The Balaban J connectivity index is 1.82. The van der Waals surface area contributed by atoms with Crippen molar-refractivity contribution in [2.45, 2.75) is 20.1 Å². The molecule has 1 aliphatic rings. The number of carbonyl (C=O) groups is 2. The number of esters is 1. The molecule has 3 aromatic rings. The van der Waals surface area contributed by atoms with Gasteiger partial charge in [0.2, 0.25) is 18.0 Å². The Morgan fingerprint density at radius 2 is 1.68 bits per heavy atom. The smallest absolute Gasteiger partial charge is 0.308 e. The average molecular weight is 374 g/mol. The average Bonchev–Trinajstić information content (AvgIpc) is 3.14. The van der Waals surface area contributed by atoms with Crippen molar-refractivity contribution in [2.75, 3.05) is 0 Å². The monoisotopic (exact) mass is 374 g/mol. The van der Waals surface area contributed by atoms with Crippen LogP contribution in [0.2, 0.25) is 0 Å². The third kappa shape index (κ3) is 3.20. The number of fused-ring (bicyclic) bond motifs is 1. The molecule has 0 spiro atoms. The normalized spacial score (nSPS) is 15.9. The number of rotatable bonds is 3. The van der Waals surface area contributed by atoms with Crippen molar-refractivity contribution in [3.63, 3.8) is 0 Å². The van der Waals surface area contributed by atoms with Crippen LogP contribution in [0.1, 0.15) is 31.2 Å². The third-order valence-electron chi connectivity index (χ3n) is 4.41. The van der Waals surface area contributed by atoms with E-state index in [-0.39, 0.29) is 11.8 Å². The van der Waals surface area contributed by atoms with Gasteiger partial charge in [0, 0.05) is 24.8 Å². The summed E-state index contributed by atoms with van der Waals surface area (Å²) in [6, 6.07) is 20.6. The molecule has 0 aromatic heterocycles. The molecule has 0 fully saturated rings. The molecule has 6 nitrogen and oxygen atoms in total. The van der Waals surface area contributed by atoms with Crippen LogP contribution in [-0.2, 0) is 14.3 Å². The largest absolute Gasteiger partial charge is 0.446 e. The molecule has 0 aliphatic carbocycles. The van der Waals surface area contributed by atoms with Crippen molar-refractivity contribution < 1.29 is 19.1 Å². The maximum Gasteiger partial charge on any atom is 0.308 e. The summed E-state index contributed by atoms with van der Waals surface area (Å²) in [5.41, 5.74) is 1.31. The van der Waals surface area contributed by atoms with E-state index in [0.717, 1.165) is 16.3 Å². The van der Waals surface area contributed by atoms with E-state index in [2.05, 4.69) is 5.10 Å². The molecule has 1 aliphatic heterocycles. The lowest BCUT2D eigenvalue weighted by molar-refractivity contribution is -0.135. The van der Waals surface area contributed by atoms with Gasteiger partial charge >= 0.3 is 5.97 Å². The molecule has 3 aromatic carbocycles. The third-order valence-corrected chi connectivity index (χ3v) is 4.41. The second-order valence-corrected chi connectivity index (χ2v) is 6.41. The van der Waals surface area contributed by atoms with Gasteiger partial charge in [-0.2, -0.15) is 5.01 Å². The van der Waals surface area contributed by atoms with E-state index in [4.69, 9.17) is 9.47 Å². The molecular formula is C22H18N2O4. The number of nitrogens with zero attached hydrogens (tertiary/aromatic N) is 2. The van der Waals surface area contributed by atoms with Crippen LogP contribution in [0.15, 0.2) is 71.8 Å². The maximum absolute atomic E-state index is 12.1. The zero-order valence-corrected chi connectivity index (χ0v) is 15.5. The highest BCUT2D eigenvalue weighted by Gasteiger charge is 2.34. The van der Waals surface area contributed by atoms with Crippen LogP contribution in [0.25, 0.3) is 10.8 Å². The molecule has 4 rings (SSSR count). The number of hydrogen-bond acceptors (Lipinski definition) is 5. The highest BCUT2D eigenvalue weighted by Crippen LogP contribution is 2.36. The Kier molecular flexibility index (Phi) is 4.53. The molecule has 28 heavy (non-hydrogen) atoms. The summed E-state index contributed by atoms with van der Waals surface area (Å²) in [4.78, 5) is 23.9. The fourth-order valence-electron chi connectivity index (χ4n) is 3.17. The Morgan fingerprint density at radius 1 is 0.964 bits per heavy atom. The Morgan fingerprint density at radius 3 is 2.39 bits per heavy atom. The quantitative estimate of drug-likeness (QED) is 0.513. The Labute approximate surface area is 162 Å². The number of benzene rings is 3. The van der Waals surface area contributed by atoms with Crippen molar-refractivity contribution in [1.82, 2.24) is 5.01 Å². The number of ether oxygens (including phenoxy) is 2. The van der Waals surface area contributed by atoms with E-state index < -0.39 is 12.2 Å². The van der Waals surface area contributed by atoms with E-state index >= 15 is 0 Å². The molecular weight excluding hydrogens is 356 g/mol. The number of amides is 1. The minimum Gasteiger partial charge on any atom is -0.446 e. The van der Waals surface area contributed by atoms with Crippen molar-refractivity contribution in [2.24, 2.45) is 5.10 Å². The summed E-state index contributed by atoms with van der Waals surface area (Å²) in [6.45, 7) is 2.77. The highest BCUT2D eigenvalue weighted by molar-refractivity contribution is 6.05. The molecule has 6 heteroatoms. The minimum absolute atomic E-state index is 0.228. The van der Waals surface area contributed by atoms with E-state index in [1.165, 1.54) is 18.9 Å². The first kappa shape index (κ1) is 17.7. The van der Waals surface area contributed by atoms with Crippen molar-refractivity contribution in [3.05, 3.63) is 77.9 Å². The van der Waals surface area contributed by atoms with Crippen LogP contribution in [0.5, 0.6) is 5.75 Å². The standard InChI is InChI=1S/C22H18N2O4/c1-14(25)24-22(17-9-4-3-5-10-17)28-21(23-24)19-13-12-16-8-6-7-11-18(16)20(19)27-15(2)26/h3-13,22H,1-2H3. The topological polar surface area (TPSA) is 68.2 Å². The van der Waals surface area contributed by atoms with Gasteiger partial charge in [0.15, 0.2) is 5.75 Å². The summed E-state index contributed by atoms with van der Waals surface area (Å²) >= 11 is 0. The fourth-order valence-corrected chi connectivity index (χ4v) is 3.17. The molecule has 0 N–H and O–H groups in total. The van der Waals surface area contributed by atoms with Crippen LogP contribution in [0, 0.1) is 0 Å². The van der Waals surface area contributed by atoms with Gasteiger partial charge in [0.25, 0.3) is 0 Å². The van der Waals surface area contributed by atoms with Crippen LogP contribution < -0.4 is 4.74 Å². The van der Waals surface area contributed by atoms with Gasteiger partial charge in [-0.3, -0.25) is 9.59 Å². The van der Waals surface area contributed by atoms with E-state index in [9.17, 15) is 9.59 Å². The molecule has 0 bridgehead atoms. The van der Waals surface area contributed by atoms with E-state index in [0.29, 0.717) is 11.3 Å². The fraction of sp³-hybridized carbons (Fsp3) is 0.136. The van der Waals surface area contributed by atoms with Gasteiger partial charge < -0.3 is 9.47 Å². The van der Waals surface area contributed by atoms with Gasteiger partial charge in [-0.1, -0.05) is 60.7 Å². The maximum atomic E-state index is 12.1.